The zero-order valence-electron chi connectivity index (χ0n) is 15.8. The standard InChI is InChI=1S/C20H29N3O4/c1-3-4-10-18(16-8-6-5-7-9-16)21-20(26)23-11-12-27-17(14-23)13-22(2)15-19(24)25/h3,5-9,17-18H,1,4,10-15H2,2H3,(H,21,26)(H,24,25). The summed E-state index contributed by atoms with van der Waals surface area (Å²) in [6.45, 7) is 5.59. The number of nitrogens with one attached hydrogen (secondary N) is 1. The highest BCUT2D eigenvalue weighted by Crippen LogP contribution is 2.19. The Balaban J connectivity index is 1.94. The zero-order chi connectivity index (χ0) is 19.6. The second kappa shape index (κ2) is 10.7. The lowest BCUT2D eigenvalue weighted by molar-refractivity contribution is -0.138. The third-order valence-corrected chi connectivity index (χ3v) is 4.51. The summed E-state index contributed by atoms with van der Waals surface area (Å²) in [6, 6.07) is 9.70. The number of hydrogen-bond acceptors (Lipinski definition) is 4. The number of carbonyl (C=O) groups is 2. The molecule has 0 radical (unpaired) electrons. The molecule has 1 aromatic rings. The van der Waals surface area contributed by atoms with Crippen LogP contribution in [0.5, 0.6) is 0 Å². The van der Waals surface area contributed by atoms with E-state index < -0.39 is 5.97 Å². The largest absolute Gasteiger partial charge is 0.480 e. The first kappa shape index (κ1) is 20.9. The lowest BCUT2D eigenvalue weighted by Crippen LogP contribution is -2.52. The Hall–Kier alpha value is -2.38. The summed E-state index contributed by atoms with van der Waals surface area (Å²) in [5.74, 6) is -0.879. The molecule has 1 aliphatic rings. The van der Waals surface area contributed by atoms with Gasteiger partial charge in [0, 0.05) is 19.6 Å². The smallest absolute Gasteiger partial charge is 0.318 e. The van der Waals surface area contributed by atoms with Gasteiger partial charge in [0.2, 0.25) is 0 Å². The molecule has 0 saturated carbocycles. The molecule has 148 valence electrons. The first-order valence-corrected chi connectivity index (χ1v) is 9.22. The third-order valence-electron chi connectivity index (χ3n) is 4.51. The van der Waals surface area contributed by atoms with E-state index in [0.29, 0.717) is 26.2 Å². The van der Waals surface area contributed by atoms with E-state index in [-0.39, 0.29) is 24.7 Å². The third kappa shape index (κ3) is 7.03. The summed E-state index contributed by atoms with van der Waals surface area (Å²) in [5.41, 5.74) is 1.07. The fourth-order valence-corrected chi connectivity index (χ4v) is 3.19. The molecule has 0 bridgehead atoms. The van der Waals surface area contributed by atoms with Gasteiger partial charge in [-0.3, -0.25) is 9.69 Å². The monoisotopic (exact) mass is 375 g/mol. The molecule has 2 N–H and O–H groups in total. The molecule has 1 heterocycles. The number of morpholine rings is 1. The molecule has 0 aromatic heterocycles. The van der Waals surface area contributed by atoms with Crippen molar-refractivity contribution in [3.05, 3.63) is 48.6 Å². The lowest BCUT2D eigenvalue weighted by atomic mass is 10.0. The molecule has 2 rings (SSSR count). The van der Waals surface area contributed by atoms with Gasteiger partial charge in [0.15, 0.2) is 0 Å². The van der Waals surface area contributed by atoms with Gasteiger partial charge in [-0.05, 0) is 25.5 Å². The topological polar surface area (TPSA) is 82.1 Å². The minimum Gasteiger partial charge on any atom is -0.480 e. The van der Waals surface area contributed by atoms with Crippen LogP contribution < -0.4 is 5.32 Å². The van der Waals surface area contributed by atoms with Gasteiger partial charge in [-0.2, -0.15) is 0 Å². The molecule has 27 heavy (non-hydrogen) atoms. The average molecular weight is 375 g/mol. The number of aliphatic carboxylic acids is 1. The number of nitrogens with zero attached hydrogens (tertiary/aromatic N) is 2. The van der Waals surface area contributed by atoms with Crippen LogP contribution in [0, 0.1) is 0 Å². The molecule has 1 aliphatic heterocycles. The van der Waals surface area contributed by atoms with E-state index in [2.05, 4.69) is 11.9 Å². The van der Waals surface area contributed by atoms with Crippen LogP contribution in [-0.2, 0) is 9.53 Å². The van der Waals surface area contributed by atoms with E-state index in [1.807, 2.05) is 36.4 Å². The number of allylic oxidation sites excluding steroid dienone is 1. The number of rotatable bonds is 9. The van der Waals surface area contributed by atoms with Crippen molar-refractivity contribution in [3.63, 3.8) is 0 Å². The van der Waals surface area contributed by atoms with Crippen LogP contribution in [0.3, 0.4) is 0 Å². The van der Waals surface area contributed by atoms with E-state index >= 15 is 0 Å². The zero-order valence-corrected chi connectivity index (χ0v) is 15.8. The Morgan fingerprint density at radius 2 is 2.19 bits per heavy atom. The quantitative estimate of drug-likeness (QED) is 0.646. The molecular weight excluding hydrogens is 346 g/mol. The number of urea groups is 1. The van der Waals surface area contributed by atoms with E-state index in [4.69, 9.17) is 9.84 Å². The summed E-state index contributed by atoms with van der Waals surface area (Å²) in [6.07, 6.45) is 3.25. The predicted molar refractivity (Wildman–Crippen MR) is 104 cm³/mol. The average Bonchev–Trinajstić information content (AvgIpc) is 2.65. The molecule has 1 saturated heterocycles. The van der Waals surface area contributed by atoms with E-state index in [1.54, 1.807) is 16.8 Å². The Labute approximate surface area is 160 Å². The van der Waals surface area contributed by atoms with Crippen molar-refractivity contribution >= 4 is 12.0 Å². The summed E-state index contributed by atoms with van der Waals surface area (Å²) in [4.78, 5) is 27.0. The number of amides is 2. The fraction of sp³-hybridized carbons (Fsp3) is 0.500. The molecule has 2 amide bonds. The normalized spacial score (nSPS) is 18.1. The number of benzene rings is 1. The van der Waals surface area contributed by atoms with Gasteiger partial charge in [0.1, 0.15) is 0 Å². The number of likely N-dealkylation sites (N-methyl/N-ethyl adjacent to an activating group) is 1. The molecule has 7 heteroatoms. The molecule has 7 nitrogen and oxygen atoms in total. The van der Waals surface area contributed by atoms with Crippen molar-refractivity contribution in [1.29, 1.82) is 0 Å². The van der Waals surface area contributed by atoms with Crippen molar-refractivity contribution in [2.75, 3.05) is 39.8 Å². The number of carboxylic acid groups (broad SMARTS) is 1. The number of ether oxygens (including phenoxy) is 1. The van der Waals surface area contributed by atoms with Gasteiger partial charge in [0.25, 0.3) is 0 Å². The van der Waals surface area contributed by atoms with Crippen LogP contribution in [0.25, 0.3) is 0 Å². The number of hydrogen-bond donors (Lipinski definition) is 2. The molecule has 2 unspecified atom stereocenters. The van der Waals surface area contributed by atoms with Crippen LogP contribution >= 0.6 is 0 Å². The molecule has 0 aliphatic carbocycles. The van der Waals surface area contributed by atoms with Crippen LogP contribution in [-0.4, -0.2) is 72.8 Å². The van der Waals surface area contributed by atoms with Gasteiger partial charge in [-0.1, -0.05) is 36.4 Å². The Morgan fingerprint density at radius 3 is 2.85 bits per heavy atom. The van der Waals surface area contributed by atoms with Crippen molar-refractivity contribution in [3.8, 4) is 0 Å². The SMILES string of the molecule is C=CCCC(NC(=O)N1CCOC(CN(C)CC(=O)O)C1)c1ccccc1. The lowest BCUT2D eigenvalue weighted by Gasteiger charge is -2.35. The maximum absolute atomic E-state index is 12.8. The van der Waals surface area contributed by atoms with Crippen molar-refractivity contribution in [1.82, 2.24) is 15.1 Å². The van der Waals surface area contributed by atoms with Crippen molar-refractivity contribution < 1.29 is 19.4 Å². The summed E-state index contributed by atoms with van der Waals surface area (Å²) >= 11 is 0. The molecule has 0 spiro atoms. The highest BCUT2D eigenvalue weighted by atomic mass is 16.5. The first-order chi connectivity index (χ1) is 13.0. The highest BCUT2D eigenvalue weighted by Gasteiger charge is 2.27. The predicted octanol–water partition coefficient (Wildman–Crippen LogP) is 2.12. The minimum absolute atomic E-state index is 0.0519. The minimum atomic E-state index is -0.879. The highest BCUT2D eigenvalue weighted by molar-refractivity contribution is 5.75. The Kier molecular flexibility index (Phi) is 8.29. The van der Waals surface area contributed by atoms with Crippen LogP contribution in [0.4, 0.5) is 4.79 Å². The van der Waals surface area contributed by atoms with Gasteiger partial charge in [-0.25, -0.2) is 4.79 Å². The van der Waals surface area contributed by atoms with Crippen LogP contribution in [0.1, 0.15) is 24.4 Å². The Morgan fingerprint density at radius 1 is 1.44 bits per heavy atom. The van der Waals surface area contributed by atoms with Gasteiger partial charge in [0.05, 0.1) is 25.3 Å². The van der Waals surface area contributed by atoms with E-state index in [1.165, 1.54) is 0 Å². The molecule has 1 fully saturated rings. The van der Waals surface area contributed by atoms with E-state index in [0.717, 1.165) is 18.4 Å². The Bertz CT molecular complexity index is 623. The molecule has 2 atom stereocenters. The van der Waals surface area contributed by atoms with Crippen molar-refractivity contribution in [2.45, 2.75) is 25.0 Å². The van der Waals surface area contributed by atoms with Crippen molar-refractivity contribution in [2.24, 2.45) is 0 Å². The second-order valence-corrected chi connectivity index (χ2v) is 6.81. The summed E-state index contributed by atoms with van der Waals surface area (Å²) in [5, 5.41) is 12.0. The van der Waals surface area contributed by atoms with E-state index in [9.17, 15) is 9.59 Å². The second-order valence-electron chi connectivity index (χ2n) is 6.81. The van der Waals surface area contributed by atoms with Gasteiger partial charge in [-0.15, -0.1) is 6.58 Å². The maximum atomic E-state index is 12.8. The van der Waals surface area contributed by atoms with Gasteiger partial charge >= 0.3 is 12.0 Å². The maximum Gasteiger partial charge on any atom is 0.318 e. The van der Waals surface area contributed by atoms with Gasteiger partial charge < -0.3 is 20.1 Å². The van der Waals surface area contributed by atoms with Crippen LogP contribution in [0.2, 0.25) is 0 Å². The molecule has 1 aromatic carbocycles. The summed E-state index contributed by atoms with van der Waals surface area (Å²) in [7, 11) is 1.73. The first-order valence-electron chi connectivity index (χ1n) is 9.22. The van der Waals surface area contributed by atoms with Crippen LogP contribution in [0.15, 0.2) is 43.0 Å². The summed E-state index contributed by atoms with van der Waals surface area (Å²) < 4.78 is 5.70. The number of carboxylic acids is 1. The molecular formula is C20H29N3O4. The number of carbonyl (C=O) groups excluding carboxylic acids is 1. The fourth-order valence-electron chi connectivity index (χ4n) is 3.19.